The van der Waals surface area contributed by atoms with Crippen LogP contribution in [0.2, 0.25) is 0 Å². The Bertz CT molecular complexity index is 1170. The molecular weight excluding hydrogens is 433 g/mol. The average Bonchev–Trinajstić information content (AvgIpc) is 3.46. The molecule has 0 aliphatic carbocycles. The number of alkyl halides is 3. The highest BCUT2D eigenvalue weighted by Gasteiger charge is 2.38. The molecule has 33 heavy (non-hydrogen) atoms. The maximum absolute atomic E-state index is 13.4. The number of aromatic nitrogens is 4. The molecular formula is C23H25F3N6O. The molecule has 7 nitrogen and oxygen atoms in total. The van der Waals surface area contributed by atoms with Gasteiger partial charge in [-0.1, -0.05) is 24.3 Å². The maximum atomic E-state index is 13.4. The van der Waals surface area contributed by atoms with Crippen LogP contribution in [0.3, 0.4) is 0 Å². The highest BCUT2D eigenvalue weighted by Crippen LogP contribution is 2.36. The molecule has 2 aromatic heterocycles. The Balaban J connectivity index is 1.28. The number of amides is 1. The second kappa shape index (κ2) is 8.31. The van der Waals surface area contributed by atoms with E-state index in [9.17, 15) is 18.0 Å². The van der Waals surface area contributed by atoms with Crippen LogP contribution in [0.4, 0.5) is 19.0 Å². The van der Waals surface area contributed by atoms with Crippen molar-refractivity contribution in [2.24, 2.45) is 5.92 Å². The maximum Gasteiger partial charge on any atom is 0.453 e. The van der Waals surface area contributed by atoms with Gasteiger partial charge < -0.3 is 9.80 Å². The number of halogens is 3. The highest BCUT2D eigenvalue weighted by molar-refractivity contribution is 5.80. The van der Waals surface area contributed by atoms with Gasteiger partial charge in [0, 0.05) is 25.6 Å². The van der Waals surface area contributed by atoms with Crippen LogP contribution in [0.5, 0.6) is 0 Å². The topological polar surface area (TPSA) is 66.6 Å². The SMILES string of the molecule is Cc1ccccc1C1CCCN1C(=O)C1CCN(c2ccc3nnc(C(F)(F)F)n3n2)CC1. The molecule has 10 heteroatoms. The van der Waals surface area contributed by atoms with E-state index in [4.69, 9.17) is 0 Å². The Labute approximate surface area is 189 Å². The molecule has 2 fully saturated rings. The Hall–Kier alpha value is -3.17. The molecule has 3 aromatic rings. The molecule has 0 saturated carbocycles. The van der Waals surface area contributed by atoms with Crippen molar-refractivity contribution in [3.8, 4) is 0 Å². The number of nitrogens with zero attached hydrogens (tertiary/aromatic N) is 6. The summed E-state index contributed by atoms with van der Waals surface area (Å²) >= 11 is 0. The van der Waals surface area contributed by atoms with Crippen molar-refractivity contribution in [2.75, 3.05) is 24.5 Å². The number of hydrogen-bond donors (Lipinski definition) is 0. The van der Waals surface area contributed by atoms with E-state index in [0.717, 1.165) is 23.9 Å². The average molecular weight is 458 g/mol. The van der Waals surface area contributed by atoms with Crippen LogP contribution < -0.4 is 4.90 Å². The lowest BCUT2D eigenvalue weighted by Crippen LogP contribution is -2.42. The predicted octanol–water partition coefficient (Wildman–Crippen LogP) is 4.03. The summed E-state index contributed by atoms with van der Waals surface area (Å²) in [4.78, 5) is 17.3. The first kappa shape index (κ1) is 21.7. The van der Waals surface area contributed by atoms with Gasteiger partial charge in [0.15, 0.2) is 5.65 Å². The Morgan fingerprint density at radius 1 is 1.00 bits per heavy atom. The number of piperidine rings is 1. The third kappa shape index (κ3) is 4.02. The molecule has 2 saturated heterocycles. The minimum atomic E-state index is -4.63. The number of likely N-dealkylation sites (tertiary alicyclic amines) is 1. The molecule has 0 bridgehead atoms. The van der Waals surface area contributed by atoms with Crippen LogP contribution in [0.15, 0.2) is 36.4 Å². The number of carbonyl (C=O) groups excluding carboxylic acids is 1. The van der Waals surface area contributed by atoms with Gasteiger partial charge >= 0.3 is 6.18 Å². The monoisotopic (exact) mass is 458 g/mol. The van der Waals surface area contributed by atoms with Gasteiger partial charge in [-0.25, -0.2) is 0 Å². The molecule has 1 atom stereocenters. The van der Waals surface area contributed by atoms with Gasteiger partial charge in [0.25, 0.3) is 5.82 Å². The fraction of sp³-hybridized carbons (Fsp3) is 0.478. The second-order valence-corrected chi connectivity index (χ2v) is 8.79. The molecule has 2 aliphatic rings. The number of hydrogen-bond acceptors (Lipinski definition) is 5. The van der Waals surface area contributed by atoms with Gasteiger partial charge in [-0.15, -0.1) is 15.3 Å². The summed E-state index contributed by atoms with van der Waals surface area (Å²) in [6.07, 6.45) is -1.38. The molecule has 4 heterocycles. The lowest BCUT2D eigenvalue weighted by molar-refractivity contribution is -0.146. The minimum Gasteiger partial charge on any atom is -0.355 e. The first-order valence-electron chi connectivity index (χ1n) is 11.2. The third-order valence-electron chi connectivity index (χ3n) is 6.75. The molecule has 1 amide bonds. The summed E-state index contributed by atoms with van der Waals surface area (Å²) in [6, 6.07) is 11.5. The van der Waals surface area contributed by atoms with Crippen LogP contribution >= 0.6 is 0 Å². The first-order chi connectivity index (χ1) is 15.8. The molecule has 5 rings (SSSR count). The number of carbonyl (C=O) groups is 1. The van der Waals surface area contributed by atoms with Crippen molar-refractivity contribution < 1.29 is 18.0 Å². The van der Waals surface area contributed by atoms with Crippen molar-refractivity contribution in [1.82, 2.24) is 24.7 Å². The van der Waals surface area contributed by atoms with E-state index in [2.05, 4.69) is 34.4 Å². The standard InChI is InChI=1S/C23H25F3N6O/c1-15-5-2-3-6-17(15)18-7-4-12-31(18)21(33)16-10-13-30(14-11-16)20-9-8-19-27-28-22(23(24,25)26)32(19)29-20/h2-3,5-6,8-9,16,18H,4,7,10-14H2,1H3. The van der Waals surface area contributed by atoms with Gasteiger partial charge in [0.1, 0.15) is 5.82 Å². The quantitative estimate of drug-likeness (QED) is 0.593. The summed E-state index contributed by atoms with van der Waals surface area (Å²) in [6.45, 7) is 3.96. The van der Waals surface area contributed by atoms with E-state index < -0.39 is 12.0 Å². The Morgan fingerprint density at radius 2 is 1.76 bits per heavy atom. The lowest BCUT2D eigenvalue weighted by Gasteiger charge is -2.35. The van der Waals surface area contributed by atoms with E-state index in [0.29, 0.717) is 31.7 Å². The number of rotatable bonds is 3. The first-order valence-corrected chi connectivity index (χ1v) is 11.2. The lowest BCUT2D eigenvalue weighted by atomic mass is 9.93. The summed E-state index contributed by atoms with van der Waals surface area (Å²) in [5.74, 6) is -0.615. The van der Waals surface area contributed by atoms with E-state index in [1.165, 1.54) is 17.2 Å². The summed E-state index contributed by atoms with van der Waals surface area (Å²) < 4.78 is 40.3. The zero-order valence-electron chi connectivity index (χ0n) is 18.3. The van der Waals surface area contributed by atoms with Gasteiger partial charge in [-0.2, -0.15) is 17.7 Å². The van der Waals surface area contributed by atoms with Crippen LogP contribution in [0.1, 0.15) is 48.7 Å². The molecule has 0 spiro atoms. The van der Waals surface area contributed by atoms with Crippen molar-refractivity contribution in [2.45, 2.75) is 44.8 Å². The van der Waals surface area contributed by atoms with Crippen molar-refractivity contribution in [1.29, 1.82) is 0 Å². The summed E-state index contributed by atoms with van der Waals surface area (Å²) in [5, 5.41) is 10.9. The van der Waals surface area contributed by atoms with E-state index in [1.54, 1.807) is 6.07 Å². The summed E-state index contributed by atoms with van der Waals surface area (Å²) in [5.41, 5.74) is 2.46. The Morgan fingerprint density at radius 3 is 2.48 bits per heavy atom. The van der Waals surface area contributed by atoms with Crippen LogP contribution in [0, 0.1) is 12.8 Å². The second-order valence-electron chi connectivity index (χ2n) is 8.79. The minimum absolute atomic E-state index is 0.0485. The molecule has 174 valence electrons. The third-order valence-corrected chi connectivity index (χ3v) is 6.75. The summed E-state index contributed by atoms with van der Waals surface area (Å²) in [7, 11) is 0. The number of aryl methyl sites for hydroxylation is 1. The van der Waals surface area contributed by atoms with Gasteiger partial charge in [0.05, 0.1) is 6.04 Å². The largest absolute Gasteiger partial charge is 0.453 e. The molecule has 1 aromatic carbocycles. The van der Waals surface area contributed by atoms with E-state index in [-0.39, 0.29) is 23.5 Å². The number of anilines is 1. The fourth-order valence-corrected chi connectivity index (χ4v) is 5.03. The predicted molar refractivity (Wildman–Crippen MR) is 116 cm³/mol. The van der Waals surface area contributed by atoms with Crippen LogP contribution in [-0.2, 0) is 11.0 Å². The fourth-order valence-electron chi connectivity index (χ4n) is 5.03. The van der Waals surface area contributed by atoms with Gasteiger partial charge in [-0.3, -0.25) is 4.79 Å². The van der Waals surface area contributed by atoms with E-state index >= 15 is 0 Å². The Kier molecular flexibility index (Phi) is 5.46. The van der Waals surface area contributed by atoms with Crippen LogP contribution in [-0.4, -0.2) is 50.3 Å². The zero-order valence-corrected chi connectivity index (χ0v) is 18.3. The normalized spacial score (nSPS) is 20.1. The van der Waals surface area contributed by atoms with Crippen molar-refractivity contribution in [3.05, 3.63) is 53.3 Å². The highest BCUT2D eigenvalue weighted by atomic mass is 19.4. The smallest absolute Gasteiger partial charge is 0.355 e. The van der Waals surface area contributed by atoms with Gasteiger partial charge in [0.2, 0.25) is 5.91 Å². The van der Waals surface area contributed by atoms with E-state index in [1.807, 2.05) is 21.9 Å². The molecule has 1 unspecified atom stereocenters. The number of fused-ring (bicyclic) bond motifs is 1. The molecule has 2 aliphatic heterocycles. The molecule has 0 radical (unpaired) electrons. The zero-order chi connectivity index (χ0) is 23.2. The number of benzene rings is 1. The van der Waals surface area contributed by atoms with Gasteiger partial charge in [-0.05, 0) is 55.9 Å². The van der Waals surface area contributed by atoms with Crippen molar-refractivity contribution in [3.63, 3.8) is 0 Å². The molecule has 0 N–H and O–H groups in total. The van der Waals surface area contributed by atoms with Crippen molar-refractivity contribution >= 4 is 17.4 Å². The van der Waals surface area contributed by atoms with Crippen LogP contribution in [0.25, 0.3) is 5.65 Å².